The maximum absolute atomic E-state index is 11.9. The minimum atomic E-state index is -1.66. The first-order valence-electron chi connectivity index (χ1n) is 9.17. The van der Waals surface area contributed by atoms with Crippen molar-refractivity contribution >= 4 is 34.2 Å². The van der Waals surface area contributed by atoms with Crippen LogP contribution < -0.4 is 4.74 Å². The van der Waals surface area contributed by atoms with Gasteiger partial charge in [0, 0.05) is 45.0 Å². The van der Waals surface area contributed by atoms with Gasteiger partial charge in [-0.05, 0) is 43.3 Å². The van der Waals surface area contributed by atoms with Crippen LogP contribution in [0.2, 0.25) is 10.0 Å². The summed E-state index contributed by atoms with van der Waals surface area (Å²) >= 11 is 12.5. The lowest BCUT2D eigenvalue weighted by atomic mass is 9.85. The highest BCUT2D eigenvalue weighted by atomic mass is 35.5. The average Bonchev–Trinajstić information content (AvgIpc) is 3.18. The van der Waals surface area contributed by atoms with Gasteiger partial charge in [0.1, 0.15) is 23.7 Å². The number of aliphatic hydroxyl groups is 1. The molecular weight excluding hydrogens is 421 g/mol. The molecule has 0 spiro atoms. The molecule has 1 atom stereocenters. The molecule has 2 heterocycles. The molecule has 0 saturated heterocycles. The molecule has 1 unspecified atom stereocenters. The second kappa shape index (κ2) is 8.41. The third kappa shape index (κ3) is 3.76. The molecule has 0 radical (unpaired) electrons. The molecule has 4 nitrogen and oxygen atoms in total. The van der Waals surface area contributed by atoms with Gasteiger partial charge in [-0.3, -0.25) is 4.98 Å². The topological polar surface area (TPSA) is 55.5 Å². The van der Waals surface area contributed by atoms with Gasteiger partial charge < -0.3 is 14.3 Å². The van der Waals surface area contributed by atoms with E-state index in [1.807, 2.05) is 12.1 Å². The van der Waals surface area contributed by atoms with E-state index in [9.17, 15) is 5.11 Å². The SMILES string of the molecule is CC#CCOc1ccc2cc(C(O)(c3cccnc3)c3ccc(Cl)cc3Cl)oc2c1. The molecule has 6 heteroatoms. The Morgan fingerprint density at radius 1 is 1.13 bits per heavy atom. The normalized spacial score (nSPS) is 12.8. The van der Waals surface area contributed by atoms with Crippen LogP contribution >= 0.6 is 23.2 Å². The number of rotatable bonds is 5. The van der Waals surface area contributed by atoms with Gasteiger partial charge in [0.15, 0.2) is 5.60 Å². The fourth-order valence-electron chi connectivity index (χ4n) is 3.26. The smallest absolute Gasteiger partial charge is 0.176 e. The number of ether oxygens (including phenoxy) is 1. The van der Waals surface area contributed by atoms with Crippen LogP contribution in [-0.4, -0.2) is 16.7 Å². The zero-order chi connectivity index (χ0) is 21.1. The van der Waals surface area contributed by atoms with Crippen LogP contribution in [0.25, 0.3) is 11.0 Å². The monoisotopic (exact) mass is 437 g/mol. The van der Waals surface area contributed by atoms with Gasteiger partial charge in [-0.1, -0.05) is 41.3 Å². The number of furan rings is 1. The van der Waals surface area contributed by atoms with Gasteiger partial charge in [0.25, 0.3) is 0 Å². The van der Waals surface area contributed by atoms with E-state index >= 15 is 0 Å². The highest BCUT2D eigenvalue weighted by Gasteiger charge is 2.39. The molecular formula is C24H17Cl2NO3. The zero-order valence-corrected chi connectivity index (χ0v) is 17.5. The van der Waals surface area contributed by atoms with Crippen LogP contribution in [0, 0.1) is 11.8 Å². The molecule has 0 amide bonds. The molecule has 0 aliphatic heterocycles. The summed E-state index contributed by atoms with van der Waals surface area (Å²) in [5.74, 6) is 6.57. The minimum absolute atomic E-state index is 0.287. The number of pyridine rings is 1. The maximum atomic E-state index is 11.9. The van der Waals surface area contributed by atoms with Crippen molar-refractivity contribution < 1.29 is 14.3 Å². The molecule has 1 N–H and O–H groups in total. The number of benzene rings is 2. The zero-order valence-electron chi connectivity index (χ0n) is 16.0. The largest absolute Gasteiger partial charge is 0.481 e. The van der Waals surface area contributed by atoms with Crippen molar-refractivity contribution in [2.75, 3.05) is 6.61 Å². The molecule has 0 aliphatic rings. The van der Waals surface area contributed by atoms with Crippen molar-refractivity contribution in [1.82, 2.24) is 4.98 Å². The fraction of sp³-hybridized carbons (Fsp3) is 0.125. The number of halogens is 2. The molecule has 4 rings (SSSR count). The summed E-state index contributed by atoms with van der Waals surface area (Å²) in [6, 6.07) is 15.7. The Labute approximate surface area is 184 Å². The number of fused-ring (bicyclic) bond motifs is 1. The Hall–Kier alpha value is -2.97. The van der Waals surface area contributed by atoms with E-state index in [1.54, 1.807) is 61.8 Å². The summed E-state index contributed by atoms with van der Waals surface area (Å²) in [7, 11) is 0. The highest BCUT2D eigenvalue weighted by Crippen LogP contribution is 2.42. The van der Waals surface area contributed by atoms with Gasteiger partial charge in [-0.2, -0.15) is 0 Å². The van der Waals surface area contributed by atoms with E-state index in [0.29, 0.717) is 38.3 Å². The van der Waals surface area contributed by atoms with E-state index < -0.39 is 5.60 Å². The van der Waals surface area contributed by atoms with E-state index in [2.05, 4.69) is 16.8 Å². The summed E-state index contributed by atoms with van der Waals surface area (Å²) in [5, 5.41) is 13.5. The molecule has 0 saturated carbocycles. The summed E-state index contributed by atoms with van der Waals surface area (Å²) in [6.07, 6.45) is 3.21. The summed E-state index contributed by atoms with van der Waals surface area (Å²) in [5.41, 5.74) is -0.137. The first kappa shape index (κ1) is 20.3. The first-order valence-corrected chi connectivity index (χ1v) is 9.93. The Kier molecular flexibility index (Phi) is 5.69. The lowest BCUT2D eigenvalue weighted by Gasteiger charge is -2.27. The Morgan fingerprint density at radius 2 is 2.00 bits per heavy atom. The van der Waals surface area contributed by atoms with Gasteiger partial charge in [-0.25, -0.2) is 0 Å². The van der Waals surface area contributed by atoms with Crippen LogP contribution in [0.5, 0.6) is 5.75 Å². The second-order valence-electron chi connectivity index (χ2n) is 6.60. The lowest BCUT2D eigenvalue weighted by Crippen LogP contribution is -2.29. The van der Waals surface area contributed by atoms with Crippen molar-refractivity contribution in [2.24, 2.45) is 0 Å². The average molecular weight is 438 g/mol. The van der Waals surface area contributed by atoms with Crippen molar-refractivity contribution in [3.63, 3.8) is 0 Å². The van der Waals surface area contributed by atoms with E-state index in [-0.39, 0.29) is 6.61 Å². The summed E-state index contributed by atoms with van der Waals surface area (Å²) in [6.45, 7) is 2.04. The van der Waals surface area contributed by atoms with Crippen molar-refractivity contribution in [3.05, 3.63) is 93.9 Å². The fourth-order valence-corrected chi connectivity index (χ4v) is 3.81. The lowest BCUT2D eigenvalue weighted by molar-refractivity contribution is 0.101. The van der Waals surface area contributed by atoms with Crippen LogP contribution in [-0.2, 0) is 5.60 Å². The van der Waals surface area contributed by atoms with Crippen LogP contribution in [0.15, 0.2) is 71.4 Å². The predicted octanol–water partition coefficient (Wildman–Crippen LogP) is 5.82. The molecule has 2 aromatic heterocycles. The van der Waals surface area contributed by atoms with Gasteiger partial charge in [0.2, 0.25) is 0 Å². The number of hydrogen-bond acceptors (Lipinski definition) is 4. The molecule has 150 valence electrons. The Morgan fingerprint density at radius 3 is 2.73 bits per heavy atom. The first-order chi connectivity index (χ1) is 14.5. The number of aromatic nitrogens is 1. The van der Waals surface area contributed by atoms with Crippen molar-refractivity contribution in [2.45, 2.75) is 12.5 Å². The summed E-state index contributed by atoms with van der Waals surface area (Å²) < 4.78 is 11.7. The number of nitrogens with zero attached hydrogens (tertiary/aromatic N) is 1. The van der Waals surface area contributed by atoms with Crippen LogP contribution in [0.4, 0.5) is 0 Å². The van der Waals surface area contributed by atoms with E-state index in [4.69, 9.17) is 32.4 Å². The third-order valence-corrected chi connectivity index (χ3v) is 5.28. The third-order valence-electron chi connectivity index (χ3n) is 4.74. The number of hydrogen-bond donors (Lipinski definition) is 1. The molecule has 0 fully saturated rings. The molecule has 0 aliphatic carbocycles. The molecule has 4 aromatic rings. The van der Waals surface area contributed by atoms with E-state index in [1.165, 1.54) is 0 Å². The van der Waals surface area contributed by atoms with Gasteiger partial charge in [0.05, 0.1) is 0 Å². The minimum Gasteiger partial charge on any atom is -0.481 e. The van der Waals surface area contributed by atoms with Crippen LogP contribution in [0.3, 0.4) is 0 Å². The second-order valence-corrected chi connectivity index (χ2v) is 7.45. The van der Waals surface area contributed by atoms with Crippen LogP contribution in [0.1, 0.15) is 23.8 Å². The quantitative estimate of drug-likeness (QED) is 0.399. The predicted molar refractivity (Wildman–Crippen MR) is 118 cm³/mol. The Balaban J connectivity index is 1.87. The van der Waals surface area contributed by atoms with Crippen molar-refractivity contribution in [1.29, 1.82) is 0 Å². The van der Waals surface area contributed by atoms with E-state index in [0.717, 1.165) is 5.39 Å². The molecule has 30 heavy (non-hydrogen) atoms. The highest BCUT2D eigenvalue weighted by molar-refractivity contribution is 6.35. The van der Waals surface area contributed by atoms with Gasteiger partial charge in [-0.15, -0.1) is 5.92 Å². The molecule has 0 bridgehead atoms. The standard InChI is InChI=1S/C24H17Cl2NO3/c1-2-3-11-29-19-8-6-16-12-23(30-22(16)14-19)24(28,17-5-4-10-27-15-17)20-9-7-18(25)13-21(20)26/h4-10,12-15,28H,11H2,1H3. The maximum Gasteiger partial charge on any atom is 0.176 e. The van der Waals surface area contributed by atoms with Crippen molar-refractivity contribution in [3.8, 4) is 17.6 Å². The van der Waals surface area contributed by atoms with Gasteiger partial charge >= 0.3 is 0 Å². The summed E-state index contributed by atoms with van der Waals surface area (Å²) in [4.78, 5) is 4.16. The molecule has 2 aromatic carbocycles. The Bertz CT molecular complexity index is 1260.